The normalized spacial score (nSPS) is 10.5. The Morgan fingerprint density at radius 3 is 1.64 bits per heavy atom. The highest BCUT2D eigenvalue weighted by atomic mass is 79.9. The van der Waals surface area contributed by atoms with Crippen LogP contribution >= 0.6 is 47.8 Å². The smallest absolute Gasteiger partial charge is 0.170 e. The van der Waals surface area contributed by atoms with E-state index in [4.69, 9.17) is 5.10 Å². The van der Waals surface area contributed by atoms with Crippen molar-refractivity contribution in [2.24, 2.45) is 0 Å². The summed E-state index contributed by atoms with van der Waals surface area (Å²) in [6.07, 6.45) is 3.40. The molecule has 0 unspecified atom stereocenters. The van der Waals surface area contributed by atoms with Gasteiger partial charge in [-0.05, 0) is 71.3 Å². The predicted molar refractivity (Wildman–Crippen MR) is 241 cm³/mol. The van der Waals surface area contributed by atoms with Crippen LogP contribution in [0.4, 0.5) is 0 Å². The highest BCUT2D eigenvalue weighted by molar-refractivity contribution is 9.11. The average molecular weight is 938 g/mol. The molecule has 8 nitrogen and oxygen atoms in total. The van der Waals surface area contributed by atoms with E-state index in [1.165, 1.54) is 0 Å². The first kappa shape index (κ1) is 43.2. The van der Waals surface area contributed by atoms with E-state index in [-0.39, 0.29) is 22.3 Å². The Kier molecular flexibility index (Phi) is 15.0. The van der Waals surface area contributed by atoms with E-state index in [1.54, 1.807) is 6.20 Å². The van der Waals surface area contributed by atoms with Gasteiger partial charge in [-0.2, -0.15) is 15.3 Å². The molecule has 0 saturated carbocycles. The fourth-order valence-electron chi connectivity index (χ4n) is 6.37. The maximum atomic E-state index is 12.0. The van der Waals surface area contributed by atoms with E-state index in [0.717, 1.165) is 75.4 Å². The maximum Gasteiger partial charge on any atom is 0.170 e. The zero-order chi connectivity index (χ0) is 36.8. The molecule has 3 aromatic heterocycles. The summed E-state index contributed by atoms with van der Waals surface area (Å²) in [6.45, 7) is 0. The molecule has 6 aromatic carbocycles. The number of carbonyl (C=O) groups is 2. The Bertz CT molecular complexity index is 2560. The second-order valence-electron chi connectivity index (χ2n) is 11.9. The van der Waals surface area contributed by atoms with E-state index < -0.39 is 5.54 Å². The third-order valence-electron chi connectivity index (χ3n) is 8.74. The van der Waals surface area contributed by atoms with E-state index in [2.05, 4.69) is 105 Å². The molecule has 0 saturated heterocycles. The van der Waals surface area contributed by atoms with Crippen molar-refractivity contribution in [3.63, 3.8) is 0 Å². The van der Waals surface area contributed by atoms with Gasteiger partial charge in [0.2, 0.25) is 0 Å². The van der Waals surface area contributed by atoms with Crippen LogP contribution in [-0.4, -0.2) is 42.7 Å². The van der Waals surface area contributed by atoms with Gasteiger partial charge in [-0.25, -0.2) is 4.68 Å². The number of fused-ring (bicyclic) bond motifs is 3. The fraction of sp³-hybridized carbons (Fsp3) is 0.0889. The van der Waals surface area contributed by atoms with Crippen molar-refractivity contribution in [1.29, 1.82) is 0 Å². The summed E-state index contributed by atoms with van der Waals surface area (Å²) in [4.78, 5) is 22.5. The van der Waals surface area contributed by atoms with Gasteiger partial charge in [-0.3, -0.25) is 19.8 Å². The molecule has 9 rings (SSSR count). The van der Waals surface area contributed by atoms with Crippen molar-refractivity contribution in [1.82, 2.24) is 30.2 Å². The topological polar surface area (TPSA) is 109 Å². The van der Waals surface area contributed by atoms with Gasteiger partial charge in [-0.1, -0.05) is 161 Å². The molecule has 0 fully saturated rings. The Morgan fingerprint density at radius 2 is 1.09 bits per heavy atom. The number of carbonyl (C=O) groups excluding carboxylic acids is 2. The van der Waals surface area contributed by atoms with Gasteiger partial charge >= 0.3 is 0 Å². The van der Waals surface area contributed by atoms with Crippen LogP contribution in [0.25, 0.3) is 32.7 Å². The largest absolute Gasteiger partial charge is 0.296 e. The standard InChI is InChI=1S/C27H19BrN2O.C8H5BrN2O.C7H5BrN2.3CH4/c28-23-16-17-26-24(18-23)25(19-31)29-30(26)27(20-10-4-1-5-11-20,21-12-6-2-7-13-21)22-14-8-3-9-15-22;9-5-1-2-7-6(3-5)8(4-12)11-10-7;8-6-1-2-7-5(3-6)4-9-10-7;;;/h1-19H;1-4H,(H,10,11);1-4H,(H,9,10);3*1H4. The lowest BCUT2D eigenvalue weighted by Gasteiger charge is -2.37. The van der Waals surface area contributed by atoms with Crippen molar-refractivity contribution in [3.05, 3.63) is 193 Å². The average Bonchev–Trinajstić information content (AvgIpc) is 3.94. The molecule has 0 aliphatic heterocycles. The number of benzene rings is 6. The van der Waals surface area contributed by atoms with E-state index in [1.807, 2.05) is 114 Å². The molecule has 0 spiro atoms. The van der Waals surface area contributed by atoms with Crippen molar-refractivity contribution < 1.29 is 9.59 Å². The first-order valence-corrected chi connectivity index (χ1v) is 18.8. The van der Waals surface area contributed by atoms with Crippen molar-refractivity contribution in [2.75, 3.05) is 0 Å². The number of H-pyrrole nitrogens is 2. The minimum Gasteiger partial charge on any atom is -0.296 e. The quantitative estimate of drug-likeness (QED) is 0.127. The molecule has 3 heterocycles. The molecule has 0 atom stereocenters. The molecule has 0 aliphatic carbocycles. The monoisotopic (exact) mass is 934 g/mol. The predicted octanol–water partition coefficient (Wildman–Crippen LogP) is 12.8. The van der Waals surface area contributed by atoms with Crippen LogP contribution in [0.15, 0.2) is 165 Å². The van der Waals surface area contributed by atoms with Crippen LogP contribution in [0, 0.1) is 0 Å². The first-order valence-electron chi connectivity index (χ1n) is 16.4. The summed E-state index contributed by atoms with van der Waals surface area (Å²) in [7, 11) is 0. The maximum absolute atomic E-state index is 12.0. The van der Waals surface area contributed by atoms with Gasteiger partial charge in [-0.15, -0.1) is 0 Å². The number of hydrogen-bond acceptors (Lipinski definition) is 5. The number of nitrogens with zero attached hydrogens (tertiary/aromatic N) is 4. The molecule has 0 amide bonds. The Hall–Kier alpha value is -5.49. The van der Waals surface area contributed by atoms with Gasteiger partial charge in [0.15, 0.2) is 12.6 Å². The molecule has 56 heavy (non-hydrogen) atoms. The molecule has 284 valence electrons. The van der Waals surface area contributed by atoms with Crippen molar-refractivity contribution >= 4 is 93.1 Å². The number of aromatic amines is 2. The molecule has 0 bridgehead atoms. The Labute approximate surface area is 351 Å². The number of rotatable bonds is 6. The second kappa shape index (κ2) is 19.4. The summed E-state index contributed by atoms with van der Waals surface area (Å²) >= 11 is 10.2. The number of hydrogen-bond donors (Lipinski definition) is 2. The Morgan fingerprint density at radius 1 is 0.571 bits per heavy atom. The molecule has 11 heteroatoms. The molecule has 2 N–H and O–H groups in total. The summed E-state index contributed by atoms with van der Waals surface area (Å²) < 4.78 is 4.94. The minimum atomic E-state index is -0.753. The molecular weight excluding hydrogens is 896 g/mol. The molecule has 0 aliphatic rings. The van der Waals surface area contributed by atoms with Crippen molar-refractivity contribution in [2.45, 2.75) is 27.8 Å². The third kappa shape index (κ3) is 8.65. The number of nitrogens with one attached hydrogen (secondary N) is 2. The number of aromatic nitrogens is 6. The number of aldehydes is 2. The van der Waals surface area contributed by atoms with Crippen LogP contribution in [0.2, 0.25) is 0 Å². The Balaban J connectivity index is 0.000000228. The highest BCUT2D eigenvalue weighted by Crippen LogP contribution is 2.42. The second-order valence-corrected chi connectivity index (χ2v) is 14.7. The zero-order valence-electron chi connectivity index (χ0n) is 27.8. The lowest BCUT2D eigenvalue weighted by atomic mass is 9.77. The van der Waals surface area contributed by atoms with Gasteiger partial charge in [0.25, 0.3) is 0 Å². The SMILES string of the molecule is Brc1ccc2[nH]ncc2c1.C.C.C.O=Cc1[nH]nc2ccc(Br)cc12.O=Cc1nn(C(c2ccccc2)(c2ccccc2)c2ccccc2)c2ccc(Br)cc12. The van der Waals surface area contributed by atoms with Gasteiger partial charge < -0.3 is 0 Å². The van der Waals surface area contributed by atoms with Crippen molar-refractivity contribution in [3.8, 4) is 0 Å². The van der Waals surface area contributed by atoms with Crippen LogP contribution in [-0.2, 0) is 5.54 Å². The summed E-state index contributed by atoms with van der Waals surface area (Å²) in [5.41, 5.74) is 6.16. The lowest BCUT2D eigenvalue weighted by molar-refractivity contribution is 0.111. The first-order chi connectivity index (χ1) is 25.9. The van der Waals surface area contributed by atoms with Gasteiger partial charge in [0.1, 0.15) is 16.9 Å². The summed E-state index contributed by atoms with van der Waals surface area (Å²) in [5, 5.41) is 21.1. The van der Waals surface area contributed by atoms with E-state index >= 15 is 0 Å². The van der Waals surface area contributed by atoms with E-state index in [0.29, 0.717) is 11.4 Å². The van der Waals surface area contributed by atoms with Crippen LogP contribution in [0.1, 0.15) is 59.9 Å². The minimum absolute atomic E-state index is 0. The van der Waals surface area contributed by atoms with Gasteiger partial charge in [0.05, 0.1) is 22.7 Å². The molecular formula is C45H41Br3N6O2. The summed E-state index contributed by atoms with van der Waals surface area (Å²) in [5.74, 6) is 0. The molecule has 9 aromatic rings. The van der Waals surface area contributed by atoms with Crippen LogP contribution in [0.3, 0.4) is 0 Å². The highest BCUT2D eigenvalue weighted by Gasteiger charge is 2.40. The van der Waals surface area contributed by atoms with Crippen LogP contribution in [0.5, 0.6) is 0 Å². The zero-order valence-corrected chi connectivity index (χ0v) is 32.6. The van der Waals surface area contributed by atoms with E-state index in [9.17, 15) is 9.59 Å². The van der Waals surface area contributed by atoms with Crippen LogP contribution < -0.4 is 0 Å². The molecule has 0 radical (unpaired) electrons. The fourth-order valence-corrected chi connectivity index (χ4v) is 7.47. The number of halogens is 3. The van der Waals surface area contributed by atoms with Gasteiger partial charge in [0, 0.05) is 29.6 Å². The summed E-state index contributed by atoms with van der Waals surface area (Å²) in [6, 6.07) is 48.6. The third-order valence-corrected chi connectivity index (χ3v) is 10.2. The lowest BCUT2D eigenvalue weighted by Crippen LogP contribution is -2.38.